The number of carbonyl (C=O) groups excluding carboxylic acids is 3. The van der Waals surface area contributed by atoms with E-state index in [0.29, 0.717) is 5.56 Å². The Morgan fingerprint density at radius 3 is 2.33 bits per heavy atom. The maximum atomic E-state index is 12.8. The van der Waals surface area contributed by atoms with Gasteiger partial charge >= 0.3 is 18.0 Å². The lowest BCUT2D eigenvalue weighted by Crippen LogP contribution is -2.44. The van der Waals surface area contributed by atoms with Gasteiger partial charge in [-0.05, 0) is 29.3 Å². The standard InChI is InChI=1S/C22H23NO7/c1-27-19-14-16(10-12-20(24)28-2)9-11-18(19)30-21(25)17(23-22(26)29-3)13-15-7-5-4-6-8-15/h4-12,14,17H,13H2,1-3H3,(H,23,26)/b12-10+. The molecule has 8 heteroatoms. The fourth-order valence-corrected chi connectivity index (χ4v) is 2.53. The van der Waals surface area contributed by atoms with Crippen LogP contribution >= 0.6 is 0 Å². The van der Waals surface area contributed by atoms with E-state index in [-0.39, 0.29) is 17.9 Å². The topological polar surface area (TPSA) is 100 Å². The van der Waals surface area contributed by atoms with Crippen LogP contribution in [0.1, 0.15) is 11.1 Å². The smallest absolute Gasteiger partial charge is 0.407 e. The Kier molecular flexibility index (Phi) is 8.43. The number of nitrogens with one attached hydrogen (secondary N) is 1. The largest absolute Gasteiger partial charge is 0.493 e. The molecule has 0 fully saturated rings. The molecule has 8 nitrogen and oxygen atoms in total. The number of methoxy groups -OCH3 is 3. The molecule has 2 rings (SSSR count). The minimum Gasteiger partial charge on any atom is -0.493 e. The van der Waals surface area contributed by atoms with Gasteiger partial charge in [0.1, 0.15) is 6.04 Å². The molecule has 1 unspecified atom stereocenters. The predicted molar refractivity (Wildman–Crippen MR) is 109 cm³/mol. The van der Waals surface area contributed by atoms with Crippen molar-refractivity contribution in [2.24, 2.45) is 0 Å². The fourth-order valence-electron chi connectivity index (χ4n) is 2.53. The van der Waals surface area contributed by atoms with E-state index in [4.69, 9.17) is 9.47 Å². The van der Waals surface area contributed by atoms with Crippen LogP contribution in [0.25, 0.3) is 6.08 Å². The van der Waals surface area contributed by atoms with Gasteiger partial charge < -0.3 is 24.3 Å². The van der Waals surface area contributed by atoms with Gasteiger partial charge in [-0.15, -0.1) is 0 Å². The Morgan fingerprint density at radius 1 is 0.967 bits per heavy atom. The van der Waals surface area contributed by atoms with Gasteiger partial charge in [0.25, 0.3) is 0 Å². The third kappa shape index (κ3) is 6.66. The predicted octanol–water partition coefficient (Wildman–Crippen LogP) is 2.75. The lowest BCUT2D eigenvalue weighted by Gasteiger charge is -2.18. The molecule has 30 heavy (non-hydrogen) atoms. The molecule has 0 bridgehead atoms. The average molecular weight is 413 g/mol. The maximum absolute atomic E-state index is 12.8. The van der Waals surface area contributed by atoms with E-state index in [1.807, 2.05) is 30.3 Å². The molecule has 1 N–H and O–H groups in total. The molecular formula is C22H23NO7. The van der Waals surface area contributed by atoms with E-state index >= 15 is 0 Å². The van der Waals surface area contributed by atoms with Crippen LogP contribution in [-0.4, -0.2) is 45.4 Å². The van der Waals surface area contributed by atoms with E-state index in [0.717, 1.165) is 5.56 Å². The van der Waals surface area contributed by atoms with Crippen molar-refractivity contribution in [2.75, 3.05) is 21.3 Å². The molecule has 0 aromatic heterocycles. The zero-order valence-electron chi connectivity index (χ0n) is 16.9. The number of amides is 1. The first kappa shape index (κ1) is 22.5. The van der Waals surface area contributed by atoms with Crippen molar-refractivity contribution in [3.8, 4) is 11.5 Å². The summed E-state index contributed by atoms with van der Waals surface area (Å²) < 4.78 is 19.9. The molecule has 0 aliphatic rings. The van der Waals surface area contributed by atoms with Crippen molar-refractivity contribution in [3.05, 3.63) is 65.7 Å². The minimum atomic E-state index is -0.969. The van der Waals surface area contributed by atoms with Crippen LogP contribution in [0.3, 0.4) is 0 Å². The third-order valence-corrected chi connectivity index (χ3v) is 4.06. The number of rotatable bonds is 8. The van der Waals surface area contributed by atoms with Crippen LogP contribution in [0, 0.1) is 0 Å². The highest BCUT2D eigenvalue weighted by Gasteiger charge is 2.25. The van der Waals surface area contributed by atoms with Crippen LogP contribution < -0.4 is 14.8 Å². The molecule has 0 heterocycles. The second-order valence-corrected chi connectivity index (χ2v) is 6.07. The first-order chi connectivity index (χ1) is 14.5. The number of hydrogen-bond acceptors (Lipinski definition) is 7. The number of carbonyl (C=O) groups is 3. The first-order valence-corrected chi connectivity index (χ1v) is 9.01. The van der Waals surface area contributed by atoms with E-state index in [2.05, 4.69) is 14.8 Å². The monoisotopic (exact) mass is 413 g/mol. The number of alkyl carbamates (subject to hydrolysis) is 1. The molecular weight excluding hydrogens is 390 g/mol. The van der Waals surface area contributed by atoms with Crippen molar-refractivity contribution in [2.45, 2.75) is 12.5 Å². The zero-order valence-corrected chi connectivity index (χ0v) is 16.9. The second-order valence-electron chi connectivity index (χ2n) is 6.07. The summed E-state index contributed by atoms with van der Waals surface area (Å²) >= 11 is 0. The van der Waals surface area contributed by atoms with Gasteiger partial charge in [0.15, 0.2) is 11.5 Å². The molecule has 158 valence electrons. The lowest BCUT2D eigenvalue weighted by atomic mass is 10.1. The number of hydrogen-bond donors (Lipinski definition) is 1. The molecule has 0 spiro atoms. The zero-order chi connectivity index (χ0) is 21.9. The van der Waals surface area contributed by atoms with Gasteiger partial charge in [-0.2, -0.15) is 0 Å². The molecule has 0 aliphatic heterocycles. The molecule has 2 aromatic rings. The summed E-state index contributed by atoms with van der Waals surface area (Å²) in [6.45, 7) is 0. The quantitative estimate of drug-likeness (QED) is 0.403. The second kappa shape index (κ2) is 11.3. The van der Waals surface area contributed by atoms with E-state index in [1.54, 1.807) is 12.1 Å². The summed E-state index contributed by atoms with van der Waals surface area (Å²) in [4.78, 5) is 35.7. The fraction of sp³-hybridized carbons (Fsp3) is 0.227. The van der Waals surface area contributed by atoms with Crippen molar-refractivity contribution >= 4 is 24.1 Å². The van der Waals surface area contributed by atoms with E-state index in [1.165, 1.54) is 39.5 Å². The molecule has 2 aromatic carbocycles. The summed E-state index contributed by atoms with van der Waals surface area (Å²) in [5, 5.41) is 2.48. The van der Waals surface area contributed by atoms with Crippen molar-refractivity contribution in [1.29, 1.82) is 0 Å². The highest BCUT2D eigenvalue weighted by atomic mass is 16.6. The van der Waals surface area contributed by atoms with E-state index < -0.39 is 24.1 Å². The van der Waals surface area contributed by atoms with Crippen LogP contribution in [0.2, 0.25) is 0 Å². The molecule has 0 saturated heterocycles. The highest BCUT2D eigenvalue weighted by Crippen LogP contribution is 2.29. The van der Waals surface area contributed by atoms with Crippen molar-refractivity contribution in [1.82, 2.24) is 5.32 Å². The van der Waals surface area contributed by atoms with Crippen LogP contribution in [0.4, 0.5) is 4.79 Å². The summed E-state index contributed by atoms with van der Waals surface area (Å²) in [5.41, 5.74) is 1.48. The third-order valence-electron chi connectivity index (χ3n) is 4.06. The van der Waals surface area contributed by atoms with Gasteiger partial charge in [-0.25, -0.2) is 14.4 Å². The minimum absolute atomic E-state index is 0.169. The molecule has 1 atom stereocenters. The molecule has 0 saturated carbocycles. The van der Waals surface area contributed by atoms with Crippen LogP contribution in [0.5, 0.6) is 11.5 Å². The Morgan fingerprint density at radius 2 is 1.70 bits per heavy atom. The van der Waals surface area contributed by atoms with Gasteiger partial charge in [0.05, 0.1) is 21.3 Å². The first-order valence-electron chi connectivity index (χ1n) is 9.01. The lowest BCUT2D eigenvalue weighted by molar-refractivity contribution is -0.137. The van der Waals surface area contributed by atoms with Gasteiger partial charge in [0, 0.05) is 12.5 Å². The molecule has 0 aliphatic carbocycles. The Balaban J connectivity index is 2.19. The Hall–Kier alpha value is -3.81. The van der Waals surface area contributed by atoms with Crippen LogP contribution in [-0.2, 0) is 25.5 Å². The molecule has 0 radical (unpaired) electrons. The summed E-state index contributed by atoms with van der Waals surface area (Å²) in [6.07, 6.45) is 2.27. The average Bonchev–Trinajstić information content (AvgIpc) is 2.78. The summed E-state index contributed by atoms with van der Waals surface area (Å²) in [6, 6.07) is 13.0. The maximum Gasteiger partial charge on any atom is 0.407 e. The summed E-state index contributed by atoms with van der Waals surface area (Å²) in [5.74, 6) is -0.725. The van der Waals surface area contributed by atoms with E-state index in [9.17, 15) is 14.4 Å². The normalized spacial score (nSPS) is 11.4. The van der Waals surface area contributed by atoms with Gasteiger partial charge in [-0.3, -0.25) is 0 Å². The summed E-state index contributed by atoms with van der Waals surface area (Å²) in [7, 11) is 3.92. The SMILES string of the molecule is COC(=O)/C=C/c1ccc(OC(=O)C(Cc2ccccc2)NC(=O)OC)c(OC)c1. The van der Waals surface area contributed by atoms with Crippen LogP contribution in [0.15, 0.2) is 54.6 Å². The van der Waals surface area contributed by atoms with Crippen molar-refractivity contribution < 1.29 is 33.3 Å². The molecule has 1 amide bonds. The Labute approximate surface area is 174 Å². The number of ether oxygens (including phenoxy) is 4. The highest BCUT2D eigenvalue weighted by molar-refractivity contribution is 5.87. The number of esters is 2. The number of benzene rings is 2. The Bertz CT molecular complexity index is 909. The van der Waals surface area contributed by atoms with Gasteiger partial charge in [0.2, 0.25) is 0 Å². The van der Waals surface area contributed by atoms with Gasteiger partial charge in [-0.1, -0.05) is 36.4 Å². The van der Waals surface area contributed by atoms with Crippen molar-refractivity contribution in [3.63, 3.8) is 0 Å².